The maximum Gasteiger partial charge on any atom is 0.147 e. The van der Waals surface area contributed by atoms with Gasteiger partial charge in [0.25, 0.3) is 0 Å². The van der Waals surface area contributed by atoms with Gasteiger partial charge in [-0.05, 0) is 40.3 Å². The lowest BCUT2D eigenvalue weighted by atomic mass is 10.1. The first-order chi connectivity index (χ1) is 8.45. The van der Waals surface area contributed by atoms with Crippen LogP contribution >= 0.6 is 45.8 Å². The quantitative estimate of drug-likeness (QED) is 0.556. The van der Waals surface area contributed by atoms with Gasteiger partial charge in [-0.25, -0.2) is 18.7 Å². The van der Waals surface area contributed by atoms with Crippen molar-refractivity contribution in [1.29, 1.82) is 0 Å². The first kappa shape index (κ1) is 13.9. The molecule has 0 aliphatic heterocycles. The predicted molar refractivity (Wildman–Crippen MR) is 73.9 cm³/mol. The summed E-state index contributed by atoms with van der Waals surface area (Å²) >= 11 is 13.6. The second-order valence-electron chi connectivity index (χ2n) is 3.49. The molecule has 94 valence electrons. The van der Waals surface area contributed by atoms with Crippen LogP contribution in [0.1, 0.15) is 11.4 Å². The largest absolute Gasteiger partial charge is 0.220 e. The summed E-state index contributed by atoms with van der Waals surface area (Å²) in [4.78, 5) is 8.01. The van der Waals surface area contributed by atoms with Gasteiger partial charge in [0.15, 0.2) is 0 Å². The third kappa shape index (κ3) is 3.27. The van der Waals surface area contributed by atoms with Crippen LogP contribution in [0.3, 0.4) is 0 Å². The van der Waals surface area contributed by atoms with Gasteiger partial charge in [0.05, 0.1) is 3.57 Å². The van der Waals surface area contributed by atoms with Crippen molar-refractivity contribution in [1.82, 2.24) is 9.97 Å². The summed E-state index contributed by atoms with van der Waals surface area (Å²) in [5, 5.41) is 0.449. The van der Waals surface area contributed by atoms with E-state index in [-0.39, 0.29) is 16.7 Å². The smallest absolute Gasteiger partial charge is 0.147 e. The van der Waals surface area contributed by atoms with Crippen LogP contribution in [0.4, 0.5) is 8.78 Å². The number of nitrogens with zero attached hydrogens (tertiary/aromatic N) is 2. The molecule has 1 aromatic heterocycles. The van der Waals surface area contributed by atoms with E-state index in [1.807, 2.05) is 22.6 Å². The minimum absolute atomic E-state index is 0.158. The number of benzene rings is 1. The molecule has 0 aliphatic rings. The summed E-state index contributed by atoms with van der Waals surface area (Å²) in [6.45, 7) is 0. The first-order valence-electron chi connectivity index (χ1n) is 4.78. The molecule has 0 fully saturated rings. The number of hydrogen-bond donors (Lipinski definition) is 0. The highest BCUT2D eigenvalue weighted by Gasteiger charge is 2.10. The first-order valence-corrected chi connectivity index (χ1v) is 6.61. The van der Waals surface area contributed by atoms with Crippen LogP contribution in [0.2, 0.25) is 10.3 Å². The lowest BCUT2D eigenvalue weighted by Gasteiger charge is -2.04. The second-order valence-corrected chi connectivity index (χ2v) is 5.28. The zero-order valence-corrected chi connectivity index (χ0v) is 12.4. The van der Waals surface area contributed by atoms with Crippen molar-refractivity contribution in [3.63, 3.8) is 0 Å². The predicted octanol–water partition coefficient (Wildman–Crippen LogP) is 4.26. The van der Waals surface area contributed by atoms with Crippen LogP contribution in [0.5, 0.6) is 0 Å². The van der Waals surface area contributed by atoms with Gasteiger partial charge in [-0.1, -0.05) is 23.2 Å². The molecule has 0 radical (unpaired) electrons. The lowest BCUT2D eigenvalue weighted by Crippen LogP contribution is -2.00. The molecule has 1 heterocycles. The fraction of sp³-hybridized carbons (Fsp3) is 0.0909. The molecule has 0 bridgehead atoms. The fourth-order valence-corrected chi connectivity index (χ4v) is 2.07. The fourth-order valence-electron chi connectivity index (χ4n) is 1.41. The van der Waals surface area contributed by atoms with Gasteiger partial charge in [0.2, 0.25) is 0 Å². The third-order valence-electron chi connectivity index (χ3n) is 2.10. The Labute approximate surface area is 125 Å². The van der Waals surface area contributed by atoms with Crippen molar-refractivity contribution in [3.8, 4) is 0 Å². The van der Waals surface area contributed by atoms with Gasteiger partial charge >= 0.3 is 0 Å². The molecule has 0 amide bonds. The molecule has 0 unspecified atom stereocenters. The van der Waals surface area contributed by atoms with Crippen molar-refractivity contribution >= 4 is 45.8 Å². The summed E-state index contributed by atoms with van der Waals surface area (Å²) in [6, 6.07) is 3.23. The van der Waals surface area contributed by atoms with Crippen LogP contribution in [0.25, 0.3) is 0 Å². The van der Waals surface area contributed by atoms with Crippen LogP contribution in [0.15, 0.2) is 18.2 Å². The number of hydrogen-bond acceptors (Lipinski definition) is 2. The normalized spacial score (nSPS) is 10.7. The molecule has 1 aromatic carbocycles. The average molecular weight is 401 g/mol. The summed E-state index contributed by atoms with van der Waals surface area (Å²) < 4.78 is 26.6. The number of rotatable bonds is 2. The van der Waals surface area contributed by atoms with E-state index >= 15 is 0 Å². The molecule has 2 aromatic rings. The Bertz CT molecular complexity index is 564. The summed E-state index contributed by atoms with van der Waals surface area (Å²) in [5.41, 5.74) is 0.417. The molecule has 0 N–H and O–H groups in total. The van der Waals surface area contributed by atoms with Gasteiger partial charge in [0.1, 0.15) is 27.8 Å². The minimum atomic E-state index is -0.646. The highest BCUT2D eigenvalue weighted by atomic mass is 127. The SMILES string of the molecule is Fc1cc(F)cc(Cc2nc(Cl)c(I)c(Cl)n2)c1. The van der Waals surface area contributed by atoms with Crippen molar-refractivity contribution in [2.45, 2.75) is 6.42 Å². The summed E-state index contributed by atoms with van der Waals surface area (Å²) in [5.74, 6) is -0.976. The van der Waals surface area contributed by atoms with Crippen molar-refractivity contribution in [2.75, 3.05) is 0 Å². The molecule has 0 spiro atoms. The Hall–Kier alpha value is -0.530. The van der Waals surface area contributed by atoms with E-state index in [1.165, 1.54) is 12.1 Å². The molecule has 18 heavy (non-hydrogen) atoms. The summed E-state index contributed by atoms with van der Waals surface area (Å²) in [6.07, 6.45) is 0.158. The van der Waals surface area contributed by atoms with E-state index in [9.17, 15) is 8.78 Å². The van der Waals surface area contributed by atoms with E-state index in [0.717, 1.165) is 6.07 Å². The van der Waals surface area contributed by atoms with Crippen LogP contribution in [0, 0.1) is 15.2 Å². The van der Waals surface area contributed by atoms with Crippen molar-refractivity contribution in [2.24, 2.45) is 0 Å². The van der Waals surface area contributed by atoms with E-state index in [1.54, 1.807) is 0 Å². The minimum Gasteiger partial charge on any atom is -0.220 e. The van der Waals surface area contributed by atoms with E-state index < -0.39 is 11.6 Å². The molecule has 2 rings (SSSR count). The lowest BCUT2D eigenvalue weighted by molar-refractivity contribution is 0.580. The maximum absolute atomic E-state index is 13.0. The van der Waals surface area contributed by atoms with Gasteiger partial charge in [-0.3, -0.25) is 0 Å². The monoisotopic (exact) mass is 400 g/mol. The van der Waals surface area contributed by atoms with E-state index in [2.05, 4.69) is 9.97 Å². The zero-order chi connectivity index (χ0) is 13.3. The van der Waals surface area contributed by atoms with Gasteiger partial charge in [0, 0.05) is 12.5 Å². The molecular weight excluding hydrogens is 396 g/mol. The molecule has 0 saturated carbocycles. The molecule has 2 nitrogen and oxygen atoms in total. The standard InChI is InChI=1S/C11H5Cl2F2IN2/c12-10-9(16)11(13)18-8(17-10)3-5-1-6(14)4-7(15)2-5/h1-2,4H,3H2. The van der Waals surface area contributed by atoms with Crippen LogP contribution < -0.4 is 0 Å². The Balaban J connectivity index is 2.34. The van der Waals surface area contributed by atoms with Gasteiger partial charge < -0.3 is 0 Å². The Morgan fingerprint density at radius 1 is 1.00 bits per heavy atom. The molecule has 7 heteroatoms. The Morgan fingerprint density at radius 3 is 2.00 bits per heavy atom. The van der Waals surface area contributed by atoms with Crippen molar-refractivity contribution < 1.29 is 8.78 Å². The average Bonchev–Trinajstić information content (AvgIpc) is 2.24. The van der Waals surface area contributed by atoms with Crippen molar-refractivity contribution in [3.05, 3.63) is 55.1 Å². The highest BCUT2D eigenvalue weighted by molar-refractivity contribution is 14.1. The maximum atomic E-state index is 13.0. The number of aromatic nitrogens is 2. The Morgan fingerprint density at radius 2 is 1.50 bits per heavy atom. The zero-order valence-electron chi connectivity index (χ0n) is 8.72. The number of halogens is 5. The van der Waals surface area contributed by atoms with Gasteiger partial charge in [-0.15, -0.1) is 0 Å². The van der Waals surface area contributed by atoms with Gasteiger partial charge in [-0.2, -0.15) is 0 Å². The van der Waals surface area contributed by atoms with Crippen LogP contribution in [-0.2, 0) is 6.42 Å². The van der Waals surface area contributed by atoms with Crippen LogP contribution in [-0.4, -0.2) is 9.97 Å². The van der Waals surface area contributed by atoms with E-state index in [4.69, 9.17) is 23.2 Å². The third-order valence-corrected chi connectivity index (χ3v) is 4.31. The summed E-state index contributed by atoms with van der Waals surface area (Å²) in [7, 11) is 0. The molecule has 0 aliphatic carbocycles. The topological polar surface area (TPSA) is 25.8 Å². The molecule has 0 atom stereocenters. The Kier molecular flexibility index (Phi) is 4.34. The molecular formula is C11H5Cl2F2IN2. The molecule has 0 saturated heterocycles. The highest BCUT2D eigenvalue weighted by Crippen LogP contribution is 2.23. The second kappa shape index (κ2) is 5.63. The van der Waals surface area contributed by atoms with E-state index in [0.29, 0.717) is 15.0 Å².